The number of methoxy groups -OCH3 is 1. The predicted molar refractivity (Wildman–Crippen MR) is 69.0 cm³/mol. The number of fused-ring (bicyclic) bond motifs is 1. The molecule has 5 heteroatoms. The summed E-state index contributed by atoms with van der Waals surface area (Å²) < 4.78 is 7.17. The van der Waals surface area contributed by atoms with E-state index in [0.717, 1.165) is 18.4 Å². The van der Waals surface area contributed by atoms with Gasteiger partial charge in [0.1, 0.15) is 5.39 Å². The molecule has 1 N–H and O–H groups in total. The minimum atomic E-state index is -0.111. The van der Waals surface area contributed by atoms with Gasteiger partial charge in [-0.25, -0.2) is 4.98 Å². The normalized spacial score (nSPS) is 17.2. The Morgan fingerprint density at radius 1 is 1.39 bits per heavy atom. The fraction of sp³-hybridized carbons (Fsp3) is 0.538. The fourth-order valence-electron chi connectivity index (χ4n) is 2.85. The van der Waals surface area contributed by atoms with E-state index < -0.39 is 0 Å². The number of hydrogen-bond acceptors (Lipinski definition) is 3. The maximum absolute atomic E-state index is 12.0. The number of nitrogens with one attached hydrogen (secondary N) is 1. The number of aromatic amines is 1. The Morgan fingerprint density at radius 2 is 2.17 bits per heavy atom. The van der Waals surface area contributed by atoms with Gasteiger partial charge in [-0.15, -0.1) is 0 Å². The number of rotatable bonds is 2. The van der Waals surface area contributed by atoms with Gasteiger partial charge in [-0.2, -0.15) is 0 Å². The van der Waals surface area contributed by atoms with Crippen LogP contribution < -0.4 is 10.3 Å². The molecular formula is C13H17N3O2. The zero-order valence-electron chi connectivity index (χ0n) is 10.5. The van der Waals surface area contributed by atoms with E-state index in [1.165, 1.54) is 19.3 Å². The van der Waals surface area contributed by atoms with Crippen molar-refractivity contribution in [2.45, 2.75) is 38.1 Å². The molecule has 1 fully saturated rings. The molecule has 2 heterocycles. The standard InChI is InChI=1S/C13H17N3O2/c1-18-13-11-10(7-8-14-13)16(15-12(11)17)9-5-3-2-4-6-9/h7-9H,2-6H2,1H3,(H,15,17). The van der Waals surface area contributed by atoms with Crippen LogP contribution in [0, 0.1) is 0 Å². The van der Waals surface area contributed by atoms with Crippen LogP contribution >= 0.6 is 0 Å². The average Bonchev–Trinajstić information content (AvgIpc) is 2.77. The van der Waals surface area contributed by atoms with Crippen LogP contribution in [0.1, 0.15) is 38.1 Å². The first kappa shape index (κ1) is 11.3. The van der Waals surface area contributed by atoms with Gasteiger partial charge >= 0.3 is 0 Å². The number of ether oxygens (including phenoxy) is 1. The molecule has 5 nitrogen and oxygen atoms in total. The Hall–Kier alpha value is -1.78. The van der Waals surface area contributed by atoms with Gasteiger partial charge in [-0.1, -0.05) is 19.3 Å². The predicted octanol–water partition coefficient (Wildman–Crippen LogP) is 2.24. The molecule has 96 valence electrons. The van der Waals surface area contributed by atoms with Gasteiger partial charge in [0, 0.05) is 6.20 Å². The van der Waals surface area contributed by atoms with Crippen LogP contribution in [0.2, 0.25) is 0 Å². The zero-order chi connectivity index (χ0) is 12.5. The second kappa shape index (κ2) is 4.48. The quantitative estimate of drug-likeness (QED) is 0.885. The van der Waals surface area contributed by atoms with Crippen LogP contribution in [0.3, 0.4) is 0 Å². The zero-order valence-corrected chi connectivity index (χ0v) is 10.5. The highest BCUT2D eigenvalue weighted by Crippen LogP contribution is 2.30. The molecule has 0 atom stereocenters. The molecule has 1 aliphatic carbocycles. The highest BCUT2D eigenvalue weighted by molar-refractivity contribution is 5.83. The summed E-state index contributed by atoms with van der Waals surface area (Å²) in [5.74, 6) is 0.406. The lowest BCUT2D eigenvalue weighted by molar-refractivity contribution is 0.336. The molecule has 1 saturated carbocycles. The number of aromatic nitrogens is 3. The van der Waals surface area contributed by atoms with Gasteiger partial charge in [0.05, 0.1) is 18.7 Å². The molecule has 0 aliphatic heterocycles. The van der Waals surface area contributed by atoms with Crippen molar-refractivity contribution in [1.29, 1.82) is 0 Å². The van der Waals surface area contributed by atoms with Crippen molar-refractivity contribution in [2.24, 2.45) is 0 Å². The van der Waals surface area contributed by atoms with Gasteiger partial charge in [-0.3, -0.25) is 14.6 Å². The topological polar surface area (TPSA) is 59.9 Å². The SMILES string of the molecule is COc1nccc2c1c(=O)[nH]n2C1CCCCC1. The lowest BCUT2D eigenvalue weighted by Crippen LogP contribution is -2.16. The number of H-pyrrole nitrogens is 1. The Labute approximate surface area is 105 Å². The van der Waals surface area contributed by atoms with Crippen molar-refractivity contribution in [3.8, 4) is 5.88 Å². The van der Waals surface area contributed by atoms with E-state index in [1.807, 2.05) is 10.7 Å². The lowest BCUT2D eigenvalue weighted by Gasteiger charge is -2.23. The summed E-state index contributed by atoms with van der Waals surface area (Å²) in [5, 5.41) is 3.50. The van der Waals surface area contributed by atoms with E-state index in [4.69, 9.17) is 4.74 Å². The van der Waals surface area contributed by atoms with Crippen molar-refractivity contribution in [3.63, 3.8) is 0 Å². The third-order valence-electron chi connectivity index (χ3n) is 3.74. The van der Waals surface area contributed by atoms with Crippen LogP contribution in [-0.2, 0) is 0 Å². The second-order valence-electron chi connectivity index (χ2n) is 4.82. The van der Waals surface area contributed by atoms with E-state index in [1.54, 1.807) is 13.3 Å². The number of pyridine rings is 1. The average molecular weight is 247 g/mol. The summed E-state index contributed by atoms with van der Waals surface area (Å²) >= 11 is 0. The molecule has 2 aromatic heterocycles. The summed E-state index contributed by atoms with van der Waals surface area (Å²) in [4.78, 5) is 16.1. The first-order valence-electron chi connectivity index (χ1n) is 6.44. The van der Waals surface area contributed by atoms with Crippen LogP contribution in [0.4, 0.5) is 0 Å². The van der Waals surface area contributed by atoms with E-state index in [0.29, 0.717) is 17.3 Å². The molecule has 0 spiro atoms. The minimum absolute atomic E-state index is 0.111. The molecule has 0 amide bonds. The van der Waals surface area contributed by atoms with Crippen molar-refractivity contribution in [2.75, 3.05) is 7.11 Å². The minimum Gasteiger partial charge on any atom is -0.480 e. The van der Waals surface area contributed by atoms with Crippen molar-refractivity contribution in [3.05, 3.63) is 22.6 Å². The smallest absolute Gasteiger partial charge is 0.277 e. The first-order chi connectivity index (χ1) is 8.81. The second-order valence-corrected chi connectivity index (χ2v) is 4.82. The third-order valence-corrected chi connectivity index (χ3v) is 3.74. The van der Waals surface area contributed by atoms with Crippen molar-refractivity contribution in [1.82, 2.24) is 14.8 Å². The van der Waals surface area contributed by atoms with Gasteiger partial charge < -0.3 is 4.74 Å². The highest BCUT2D eigenvalue weighted by Gasteiger charge is 2.20. The van der Waals surface area contributed by atoms with Gasteiger partial charge in [0.25, 0.3) is 5.56 Å². The molecule has 0 radical (unpaired) electrons. The van der Waals surface area contributed by atoms with E-state index >= 15 is 0 Å². The molecule has 18 heavy (non-hydrogen) atoms. The van der Waals surface area contributed by atoms with E-state index in [2.05, 4.69) is 10.1 Å². The Balaban J connectivity index is 2.16. The summed E-state index contributed by atoms with van der Waals surface area (Å²) in [7, 11) is 1.54. The lowest BCUT2D eigenvalue weighted by atomic mass is 9.95. The third kappa shape index (κ3) is 1.70. The Kier molecular flexibility index (Phi) is 2.81. The molecule has 0 aromatic carbocycles. The van der Waals surface area contributed by atoms with Crippen LogP contribution in [0.15, 0.2) is 17.1 Å². The van der Waals surface area contributed by atoms with Crippen LogP contribution in [0.5, 0.6) is 5.88 Å². The maximum Gasteiger partial charge on any atom is 0.277 e. The van der Waals surface area contributed by atoms with E-state index in [9.17, 15) is 4.79 Å². The number of hydrogen-bond donors (Lipinski definition) is 1. The first-order valence-corrected chi connectivity index (χ1v) is 6.44. The van der Waals surface area contributed by atoms with Crippen molar-refractivity contribution < 1.29 is 4.74 Å². The van der Waals surface area contributed by atoms with Crippen LogP contribution in [0.25, 0.3) is 10.9 Å². The molecule has 2 aromatic rings. The molecule has 1 aliphatic rings. The van der Waals surface area contributed by atoms with E-state index in [-0.39, 0.29) is 5.56 Å². The van der Waals surface area contributed by atoms with Gasteiger partial charge in [0.15, 0.2) is 0 Å². The summed E-state index contributed by atoms with van der Waals surface area (Å²) in [6.07, 6.45) is 7.70. The van der Waals surface area contributed by atoms with Crippen molar-refractivity contribution >= 4 is 10.9 Å². The molecule has 3 rings (SSSR count). The summed E-state index contributed by atoms with van der Waals surface area (Å²) in [5.41, 5.74) is 0.791. The van der Waals surface area contributed by atoms with Gasteiger partial charge in [-0.05, 0) is 18.9 Å². The Bertz CT molecular complexity index is 608. The largest absolute Gasteiger partial charge is 0.480 e. The number of nitrogens with zero attached hydrogens (tertiary/aromatic N) is 2. The van der Waals surface area contributed by atoms with Crippen LogP contribution in [-0.4, -0.2) is 21.9 Å². The van der Waals surface area contributed by atoms with Gasteiger partial charge in [0.2, 0.25) is 5.88 Å². The highest BCUT2D eigenvalue weighted by atomic mass is 16.5. The molecule has 0 bridgehead atoms. The maximum atomic E-state index is 12.0. The molecular weight excluding hydrogens is 230 g/mol. The molecule has 0 saturated heterocycles. The monoisotopic (exact) mass is 247 g/mol. The summed E-state index contributed by atoms with van der Waals surface area (Å²) in [6, 6.07) is 2.28. The fourth-order valence-corrected chi connectivity index (χ4v) is 2.85. The Morgan fingerprint density at radius 3 is 2.89 bits per heavy atom. The summed E-state index contributed by atoms with van der Waals surface area (Å²) in [6.45, 7) is 0. The molecule has 0 unspecified atom stereocenters.